The molecule has 0 saturated carbocycles. The molecule has 0 saturated heterocycles. The van der Waals surface area contributed by atoms with E-state index < -0.39 is 6.10 Å². The molecule has 20 heavy (non-hydrogen) atoms. The highest BCUT2D eigenvalue weighted by Crippen LogP contribution is 2.15. The van der Waals surface area contributed by atoms with Crippen molar-refractivity contribution < 1.29 is 14.9 Å². The van der Waals surface area contributed by atoms with Crippen LogP contribution in [0, 0.1) is 0 Å². The molecular formula is C15H24ClNO3. The van der Waals surface area contributed by atoms with Gasteiger partial charge in [-0.3, -0.25) is 0 Å². The van der Waals surface area contributed by atoms with E-state index in [0.717, 1.165) is 18.4 Å². The van der Waals surface area contributed by atoms with E-state index >= 15 is 0 Å². The zero-order valence-electron chi connectivity index (χ0n) is 11.9. The second kappa shape index (κ2) is 10.1. The van der Waals surface area contributed by atoms with Crippen LogP contribution in [0.3, 0.4) is 0 Å². The molecular weight excluding hydrogens is 278 g/mol. The summed E-state index contributed by atoms with van der Waals surface area (Å²) in [5.41, 5.74) is 0.910. The molecule has 0 aliphatic carbocycles. The van der Waals surface area contributed by atoms with Gasteiger partial charge in [-0.25, -0.2) is 0 Å². The minimum Gasteiger partial charge on any atom is -0.392 e. The Morgan fingerprint density at radius 3 is 2.60 bits per heavy atom. The van der Waals surface area contributed by atoms with Gasteiger partial charge in [-0.05, 0) is 18.1 Å². The largest absolute Gasteiger partial charge is 0.392 e. The summed E-state index contributed by atoms with van der Waals surface area (Å²) in [6.45, 7) is 3.55. The molecule has 0 fully saturated rings. The van der Waals surface area contributed by atoms with E-state index in [2.05, 4.69) is 5.32 Å². The molecule has 0 aromatic heterocycles. The normalized spacial score (nSPS) is 14.2. The lowest BCUT2D eigenvalue weighted by molar-refractivity contribution is 0.0272. The minimum absolute atomic E-state index is 0.238. The fraction of sp³-hybridized carbons (Fsp3) is 0.600. The van der Waals surface area contributed by atoms with Crippen molar-refractivity contribution in [1.29, 1.82) is 0 Å². The number of hydrogen-bond acceptors (Lipinski definition) is 4. The van der Waals surface area contributed by atoms with Crippen LogP contribution in [0.15, 0.2) is 24.3 Å². The molecule has 1 aromatic rings. The number of halogens is 1. The molecule has 1 aromatic carbocycles. The molecule has 0 amide bonds. The van der Waals surface area contributed by atoms with Crippen LogP contribution in [0.25, 0.3) is 0 Å². The smallest absolute Gasteiger partial charge is 0.0897 e. The number of hydrogen-bond donors (Lipinski definition) is 3. The summed E-state index contributed by atoms with van der Waals surface area (Å²) < 4.78 is 5.43. The molecule has 0 bridgehead atoms. The van der Waals surface area contributed by atoms with Gasteiger partial charge in [0, 0.05) is 18.1 Å². The Hall–Kier alpha value is -0.650. The van der Waals surface area contributed by atoms with E-state index in [4.69, 9.17) is 16.3 Å². The van der Waals surface area contributed by atoms with E-state index in [-0.39, 0.29) is 12.7 Å². The Morgan fingerprint density at radius 1 is 1.20 bits per heavy atom. The van der Waals surface area contributed by atoms with Crippen LogP contribution >= 0.6 is 11.6 Å². The topological polar surface area (TPSA) is 61.7 Å². The van der Waals surface area contributed by atoms with Gasteiger partial charge in [-0.15, -0.1) is 0 Å². The molecule has 0 radical (unpaired) electrons. The average Bonchev–Trinajstić information content (AvgIpc) is 2.41. The van der Waals surface area contributed by atoms with Crippen molar-refractivity contribution in [2.75, 3.05) is 19.7 Å². The van der Waals surface area contributed by atoms with Crippen LogP contribution in [0.2, 0.25) is 5.02 Å². The molecule has 0 heterocycles. The summed E-state index contributed by atoms with van der Waals surface area (Å²) in [6, 6.07) is 7.48. The minimum atomic E-state index is -0.591. The van der Waals surface area contributed by atoms with Crippen molar-refractivity contribution >= 4 is 11.6 Å². The first kappa shape index (κ1) is 17.4. The van der Waals surface area contributed by atoms with E-state index in [0.29, 0.717) is 24.7 Å². The predicted octanol–water partition coefficient (Wildman–Crippen LogP) is 1.97. The van der Waals surface area contributed by atoms with Gasteiger partial charge >= 0.3 is 0 Å². The van der Waals surface area contributed by atoms with Crippen molar-refractivity contribution in [2.24, 2.45) is 0 Å². The summed E-state index contributed by atoms with van der Waals surface area (Å²) in [5, 5.41) is 23.0. The first-order valence-electron chi connectivity index (χ1n) is 7.01. The Balaban J connectivity index is 2.11. The Bertz CT molecular complexity index is 376. The highest BCUT2D eigenvalue weighted by molar-refractivity contribution is 6.31. The second-order valence-electron chi connectivity index (χ2n) is 4.86. The van der Waals surface area contributed by atoms with Gasteiger partial charge in [0.15, 0.2) is 0 Å². The number of aliphatic hydroxyl groups is 2. The molecule has 0 aliphatic heterocycles. The SMILES string of the molecule is CCCC(O)CNCC(O)COCc1ccccc1Cl. The summed E-state index contributed by atoms with van der Waals surface area (Å²) in [7, 11) is 0. The van der Waals surface area contributed by atoms with Gasteiger partial charge in [-0.2, -0.15) is 0 Å². The standard InChI is InChI=1S/C15H24ClNO3/c1-2-5-13(18)8-17-9-14(19)11-20-10-12-6-3-4-7-15(12)16/h3-4,6-7,13-14,17-19H,2,5,8-11H2,1H3. The van der Waals surface area contributed by atoms with Crippen LogP contribution in [0.4, 0.5) is 0 Å². The summed E-state index contributed by atoms with van der Waals surface area (Å²) in [5.74, 6) is 0. The summed E-state index contributed by atoms with van der Waals surface area (Å²) in [4.78, 5) is 0. The van der Waals surface area contributed by atoms with Gasteiger partial charge in [0.05, 0.1) is 25.4 Å². The lowest BCUT2D eigenvalue weighted by atomic mass is 10.2. The fourth-order valence-electron chi connectivity index (χ4n) is 1.83. The van der Waals surface area contributed by atoms with E-state index in [9.17, 15) is 10.2 Å². The number of aliphatic hydroxyl groups excluding tert-OH is 2. The van der Waals surface area contributed by atoms with Crippen molar-refractivity contribution in [3.8, 4) is 0 Å². The summed E-state index contributed by atoms with van der Waals surface area (Å²) in [6.07, 6.45) is 0.779. The van der Waals surface area contributed by atoms with Gasteiger partial charge in [0.1, 0.15) is 0 Å². The maximum atomic E-state index is 9.74. The first-order chi connectivity index (χ1) is 9.63. The third kappa shape index (κ3) is 7.22. The lowest BCUT2D eigenvalue weighted by Gasteiger charge is -2.15. The van der Waals surface area contributed by atoms with Crippen LogP contribution in [-0.4, -0.2) is 42.1 Å². The maximum absolute atomic E-state index is 9.74. The molecule has 5 heteroatoms. The zero-order valence-corrected chi connectivity index (χ0v) is 12.6. The number of benzene rings is 1. The summed E-state index contributed by atoms with van der Waals surface area (Å²) >= 11 is 6.01. The van der Waals surface area contributed by atoms with Crippen molar-refractivity contribution in [3.63, 3.8) is 0 Å². The highest BCUT2D eigenvalue weighted by atomic mass is 35.5. The number of rotatable bonds is 10. The zero-order chi connectivity index (χ0) is 14.8. The van der Waals surface area contributed by atoms with E-state index in [1.807, 2.05) is 31.2 Å². The Morgan fingerprint density at radius 2 is 1.90 bits per heavy atom. The Kier molecular flexibility index (Phi) is 8.82. The number of nitrogens with one attached hydrogen (secondary N) is 1. The molecule has 4 nitrogen and oxygen atoms in total. The lowest BCUT2D eigenvalue weighted by Crippen LogP contribution is -2.35. The predicted molar refractivity (Wildman–Crippen MR) is 80.9 cm³/mol. The van der Waals surface area contributed by atoms with Crippen molar-refractivity contribution in [3.05, 3.63) is 34.9 Å². The molecule has 3 N–H and O–H groups in total. The molecule has 1 rings (SSSR count). The van der Waals surface area contributed by atoms with Gasteiger partial charge < -0.3 is 20.3 Å². The molecule has 0 aliphatic rings. The van der Waals surface area contributed by atoms with Crippen LogP contribution < -0.4 is 5.32 Å². The van der Waals surface area contributed by atoms with Crippen LogP contribution in [0.1, 0.15) is 25.3 Å². The third-order valence-corrected chi connectivity index (χ3v) is 3.28. The van der Waals surface area contributed by atoms with Gasteiger partial charge in [-0.1, -0.05) is 43.1 Å². The van der Waals surface area contributed by atoms with Crippen molar-refractivity contribution in [1.82, 2.24) is 5.32 Å². The van der Waals surface area contributed by atoms with Crippen LogP contribution in [-0.2, 0) is 11.3 Å². The maximum Gasteiger partial charge on any atom is 0.0897 e. The fourth-order valence-corrected chi connectivity index (χ4v) is 2.02. The first-order valence-corrected chi connectivity index (χ1v) is 7.39. The van der Waals surface area contributed by atoms with Gasteiger partial charge in [0.2, 0.25) is 0 Å². The quantitative estimate of drug-likeness (QED) is 0.618. The average molecular weight is 302 g/mol. The second-order valence-corrected chi connectivity index (χ2v) is 5.27. The van der Waals surface area contributed by atoms with Crippen LogP contribution in [0.5, 0.6) is 0 Å². The van der Waals surface area contributed by atoms with Crippen molar-refractivity contribution in [2.45, 2.75) is 38.6 Å². The van der Waals surface area contributed by atoms with Gasteiger partial charge in [0.25, 0.3) is 0 Å². The molecule has 2 unspecified atom stereocenters. The third-order valence-electron chi connectivity index (χ3n) is 2.91. The van der Waals surface area contributed by atoms with E-state index in [1.54, 1.807) is 0 Å². The molecule has 114 valence electrons. The monoisotopic (exact) mass is 301 g/mol. The van der Waals surface area contributed by atoms with E-state index in [1.165, 1.54) is 0 Å². The molecule has 2 atom stereocenters. The molecule has 0 spiro atoms. The highest BCUT2D eigenvalue weighted by Gasteiger charge is 2.07. The number of ether oxygens (including phenoxy) is 1. The Labute approximate surface area is 125 Å².